The van der Waals surface area contributed by atoms with Gasteiger partial charge in [0.15, 0.2) is 0 Å². The Kier molecular flexibility index (Phi) is 12.4. The molecule has 0 bridgehead atoms. The summed E-state index contributed by atoms with van der Waals surface area (Å²) in [5, 5.41) is 8.04. The van der Waals surface area contributed by atoms with Gasteiger partial charge in [-0.05, 0) is 49.8 Å². The predicted octanol–water partition coefficient (Wildman–Crippen LogP) is 4.25. The van der Waals surface area contributed by atoms with Gasteiger partial charge in [-0.25, -0.2) is 14.4 Å². The van der Waals surface area contributed by atoms with Crippen molar-refractivity contribution in [3.63, 3.8) is 0 Å². The van der Waals surface area contributed by atoms with Crippen molar-refractivity contribution in [1.29, 1.82) is 0 Å². The smallest absolute Gasteiger partial charge is 0.408 e. The molecule has 218 valence electrons. The molecule has 0 aliphatic heterocycles. The summed E-state index contributed by atoms with van der Waals surface area (Å²) in [6.45, 7) is 9.52. The van der Waals surface area contributed by atoms with Crippen LogP contribution in [0.15, 0.2) is 54.6 Å². The summed E-state index contributed by atoms with van der Waals surface area (Å²) in [4.78, 5) is 50.1. The third kappa shape index (κ3) is 12.2. The van der Waals surface area contributed by atoms with Gasteiger partial charge in [0.25, 0.3) is 0 Å². The van der Waals surface area contributed by atoms with E-state index in [0.717, 1.165) is 16.7 Å². The average Bonchev–Trinajstić information content (AvgIpc) is 2.89. The Morgan fingerprint density at radius 2 is 1.43 bits per heavy atom. The molecule has 0 aliphatic rings. The lowest BCUT2D eigenvalue weighted by molar-refractivity contribution is -0.145. The first-order valence-corrected chi connectivity index (χ1v) is 13.3. The summed E-state index contributed by atoms with van der Waals surface area (Å²) in [6, 6.07) is 14.5. The van der Waals surface area contributed by atoms with Crippen LogP contribution in [0.5, 0.6) is 0 Å². The zero-order valence-corrected chi connectivity index (χ0v) is 24.1. The van der Waals surface area contributed by atoms with Gasteiger partial charge in [-0.2, -0.15) is 0 Å². The van der Waals surface area contributed by atoms with Crippen molar-refractivity contribution in [2.45, 2.75) is 78.3 Å². The van der Waals surface area contributed by atoms with Crippen LogP contribution < -0.4 is 16.0 Å². The van der Waals surface area contributed by atoms with Gasteiger partial charge in [0.05, 0.1) is 7.11 Å². The second-order valence-electron chi connectivity index (χ2n) is 10.8. The van der Waals surface area contributed by atoms with Crippen molar-refractivity contribution in [3.05, 3.63) is 71.3 Å². The number of methoxy groups -OCH3 is 1. The zero-order valence-electron chi connectivity index (χ0n) is 24.1. The van der Waals surface area contributed by atoms with Gasteiger partial charge in [-0.3, -0.25) is 4.79 Å². The van der Waals surface area contributed by atoms with Crippen molar-refractivity contribution in [1.82, 2.24) is 16.0 Å². The van der Waals surface area contributed by atoms with Crippen molar-refractivity contribution < 1.29 is 33.4 Å². The molecule has 2 aromatic carbocycles. The molecule has 40 heavy (non-hydrogen) atoms. The number of carbonyl (C=O) groups is 4. The Hall–Kier alpha value is -4.08. The van der Waals surface area contributed by atoms with Crippen LogP contribution in [0.2, 0.25) is 0 Å². The Bertz CT molecular complexity index is 1110. The molecule has 0 aliphatic carbocycles. The fourth-order valence-corrected chi connectivity index (χ4v) is 3.73. The summed E-state index contributed by atoms with van der Waals surface area (Å²) >= 11 is 0. The van der Waals surface area contributed by atoms with Crippen molar-refractivity contribution in [3.8, 4) is 0 Å². The lowest BCUT2D eigenvalue weighted by atomic mass is 10.0. The highest BCUT2D eigenvalue weighted by molar-refractivity contribution is 5.89. The first kappa shape index (κ1) is 32.1. The summed E-state index contributed by atoms with van der Waals surface area (Å²) < 4.78 is 15.4. The second-order valence-corrected chi connectivity index (χ2v) is 10.8. The molecule has 0 saturated carbocycles. The monoisotopic (exact) mass is 555 g/mol. The molecular formula is C30H41N3O7. The Morgan fingerprint density at radius 1 is 0.800 bits per heavy atom. The molecule has 10 heteroatoms. The van der Waals surface area contributed by atoms with Crippen LogP contribution in [0, 0.1) is 5.92 Å². The minimum Gasteiger partial charge on any atom is -0.467 e. The maximum Gasteiger partial charge on any atom is 0.408 e. The second kappa shape index (κ2) is 15.5. The molecule has 0 fully saturated rings. The summed E-state index contributed by atoms with van der Waals surface area (Å²) in [7, 11) is 1.26. The number of ether oxygens (including phenoxy) is 3. The summed E-state index contributed by atoms with van der Waals surface area (Å²) in [6.07, 6.45) is -0.765. The number of benzene rings is 2. The number of hydrogen-bond acceptors (Lipinski definition) is 7. The van der Waals surface area contributed by atoms with Gasteiger partial charge >= 0.3 is 18.2 Å². The Morgan fingerprint density at radius 3 is 2.00 bits per heavy atom. The zero-order chi connectivity index (χ0) is 29.7. The molecule has 0 saturated heterocycles. The van der Waals surface area contributed by atoms with Crippen molar-refractivity contribution in [2.75, 3.05) is 7.11 Å². The van der Waals surface area contributed by atoms with Gasteiger partial charge in [0.2, 0.25) is 5.91 Å². The molecule has 0 aromatic heterocycles. The van der Waals surface area contributed by atoms with Crippen LogP contribution >= 0.6 is 0 Å². The third-order valence-electron chi connectivity index (χ3n) is 5.63. The number of amides is 3. The number of rotatable bonds is 12. The van der Waals surface area contributed by atoms with E-state index in [-0.39, 0.29) is 25.5 Å². The highest BCUT2D eigenvalue weighted by atomic mass is 16.6. The summed E-state index contributed by atoms with van der Waals surface area (Å²) in [5.41, 5.74) is 1.79. The van der Waals surface area contributed by atoms with E-state index in [1.54, 1.807) is 32.9 Å². The standard InChI is InChI=1S/C30H41N3O7/c1-20(2)16-25(27(35)38-6)32-26(34)24(33-29(37)39-19-23-10-8-7-9-11-23)17-21-12-14-22(15-13-21)18-31-28(36)40-30(3,4)5/h7-15,20,24-25H,16-19H2,1-6H3,(H,31,36)(H,32,34)(H,33,37)/t24-,25-/m0/s1. The third-order valence-corrected chi connectivity index (χ3v) is 5.63. The predicted molar refractivity (Wildman–Crippen MR) is 150 cm³/mol. The maximum atomic E-state index is 13.3. The maximum absolute atomic E-state index is 13.3. The molecule has 10 nitrogen and oxygen atoms in total. The van der Waals surface area contributed by atoms with Crippen LogP contribution in [0.25, 0.3) is 0 Å². The molecule has 3 amide bonds. The average molecular weight is 556 g/mol. The molecule has 0 spiro atoms. The van der Waals surface area contributed by atoms with E-state index in [0.29, 0.717) is 6.42 Å². The number of esters is 1. The van der Waals surface area contributed by atoms with Gasteiger partial charge in [-0.1, -0.05) is 68.4 Å². The molecule has 2 atom stereocenters. The first-order valence-electron chi connectivity index (χ1n) is 13.3. The minimum absolute atomic E-state index is 0.0402. The van der Waals surface area contributed by atoms with E-state index < -0.39 is 41.7 Å². The van der Waals surface area contributed by atoms with Crippen LogP contribution in [-0.2, 0) is 43.4 Å². The van der Waals surface area contributed by atoms with Gasteiger partial charge < -0.3 is 30.2 Å². The van der Waals surface area contributed by atoms with Crippen LogP contribution in [0.1, 0.15) is 57.7 Å². The van der Waals surface area contributed by atoms with Crippen LogP contribution in [0.3, 0.4) is 0 Å². The lowest BCUT2D eigenvalue weighted by Gasteiger charge is -2.23. The molecule has 0 heterocycles. The topological polar surface area (TPSA) is 132 Å². The Labute approximate surface area is 236 Å². The highest BCUT2D eigenvalue weighted by Gasteiger charge is 2.28. The van der Waals surface area contributed by atoms with E-state index in [4.69, 9.17) is 14.2 Å². The van der Waals surface area contributed by atoms with Gasteiger partial charge in [0.1, 0.15) is 24.3 Å². The number of hydrogen-bond donors (Lipinski definition) is 3. The Balaban J connectivity index is 2.10. The molecule has 3 N–H and O–H groups in total. The van der Waals surface area contributed by atoms with Crippen molar-refractivity contribution in [2.24, 2.45) is 5.92 Å². The lowest BCUT2D eigenvalue weighted by Crippen LogP contribution is -2.53. The van der Waals surface area contributed by atoms with Crippen LogP contribution in [0.4, 0.5) is 9.59 Å². The number of carbonyl (C=O) groups excluding carboxylic acids is 4. The minimum atomic E-state index is -1.02. The highest BCUT2D eigenvalue weighted by Crippen LogP contribution is 2.12. The van der Waals surface area contributed by atoms with Gasteiger partial charge in [0, 0.05) is 13.0 Å². The molecule has 2 aromatic rings. The molecule has 0 radical (unpaired) electrons. The SMILES string of the molecule is COC(=O)[C@H](CC(C)C)NC(=O)[C@H](Cc1ccc(CNC(=O)OC(C)(C)C)cc1)NC(=O)OCc1ccccc1. The van der Waals surface area contributed by atoms with Crippen molar-refractivity contribution >= 4 is 24.1 Å². The van der Waals surface area contributed by atoms with E-state index in [1.807, 2.05) is 56.3 Å². The van der Waals surface area contributed by atoms with Gasteiger partial charge in [-0.15, -0.1) is 0 Å². The largest absolute Gasteiger partial charge is 0.467 e. The fourth-order valence-electron chi connectivity index (χ4n) is 3.73. The quantitative estimate of drug-likeness (QED) is 0.263. The van der Waals surface area contributed by atoms with E-state index in [1.165, 1.54) is 7.11 Å². The number of alkyl carbamates (subject to hydrolysis) is 2. The first-order chi connectivity index (χ1) is 18.9. The molecular weight excluding hydrogens is 514 g/mol. The molecule has 0 unspecified atom stereocenters. The molecule has 2 rings (SSSR count). The normalized spacial score (nSPS) is 12.6. The summed E-state index contributed by atoms with van der Waals surface area (Å²) in [5.74, 6) is -0.980. The van der Waals surface area contributed by atoms with E-state index >= 15 is 0 Å². The van der Waals surface area contributed by atoms with E-state index in [2.05, 4.69) is 16.0 Å². The number of nitrogens with one attached hydrogen (secondary N) is 3. The van der Waals surface area contributed by atoms with Crippen LogP contribution in [-0.4, -0.2) is 48.9 Å². The van der Waals surface area contributed by atoms with E-state index in [9.17, 15) is 19.2 Å². The fraction of sp³-hybridized carbons (Fsp3) is 0.467.